The van der Waals surface area contributed by atoms with E-state index in [2.05, 4.69) is 62.1 Å². The Bertz CT molecular complexity index is 1100. The fraction of sp³-hybridized carbons (Fsp3) is 0.250. The van der Waals surface area contributed by atoms with Crippen LogP contribution >= 0.6 is 24.0 Å². The van der Waals surface area contributed by atoms with Gasteiger partial charge in [0, 0.05) is 36.9 Å². The van der Waals surface area contributed by atoms with E-state index in [0.29, 0.717) is 6.54 Å². The molecule has 3 aromatic heterocycles. The fourth-order valence-electron chi connectivity index (χ4n) is 3.36. The average Bonchev–Trinajstić information content (AvgIpc) is 3.29. The monoisotopic (exact) mass is 489 g/mol. The van der Waals surface area contributed by atoms with E-state index in [1.165, 1.54) is 22.0 Å². The van der Waals surface area contributed by atoms with Crippen LogP contribution in [0.4, 0.5) is 0 Å². The molecule has 7 nitrogen and oxygen atoms in total. The average molecular weight is 489 g/mol. The number of rotatable bonds is 5. The van der Waals surface area contributed by atoms with Crippen molar-refractivity contribution in [1.29, 1.82) is 0 Å². The van der Waals surface area contributed by atoms with Crippen molar-refractivity contribution in [3.63, 3.8) is 0 Å². The van der Waals surface area contributed by atoms with Gasteiger partial charge < -0.3 is 15.6 Å². The number of H-pyrrole nitrogens is 1. The van der Waals surface area contributed by atoms with E-state index in [9.17, 15) is 0 Å². The SMILES string of the molecule is CN=C(NCCc1c[nH]c2cccc(C)c12)NCc1nnc2ccccn12.I. The molecule has 0 amide bonds. The van der Waals surface area contributed by atoms with Crippen LogP contribution in [0.1, 0.15) is 17.0 Å². The zero-order valence-electron chi connectivity index (χ0n) is 15.9. The van der Waals surface area contributed by atoms with Gasteiger partial charge in [-0.3, -0.25) is 9.39 Å². The Morgan fingerprint density at radius 2 is 2.04 bits per heavy atom. The molecule has 0 saturated carbocycles. The molecule has 4 rings (SSSR count). The van der Waals surface area contributed by atoms with E-state index >= 15 is 0 Å². The normalized spacial score (nSPS) is 11.6. The first-order chi connectivity index (χ1) is 13.3. The minimum Gasteiger partial charge on any atom is -0.361 e. The van der Waals surface area contributed by atoms with Crippen LogP contribution in [0.15, 0.2) is 53.8 Å². The zero-order valence-corrected chi connectivity index (χ0v) is 18.3. The molecule has 0 aliphatic rings. The molecule has 8 heteroatoms. The highest BCUT2D eigenvalue weighted by Crippen LogP contribution is 2.22. The summed E-state index contributed by atoms with van der Waals surface area (Å²) in [7, 11) is 1.77. The summed E-state index contributed by atoms with van der Waals surface area (Å²) in [6.45, 7) is 3.50. The molecular weight excluding hydrogens is 465 g/mol. The molecule has 0 fully saturated rings. The quantitative estimate of drug-likeness (QED) is 0.229. The van der Waals surface area contributed by atoms with Crippen molar-refractivity contribution in [2.24, 2.45) is 4.99 Å². The predicted octanol–water partition coefficient (Wildman–Crippen LogP) is 3.04. The summed E-state index contributed by atoms with van der Waals surface area (Å²) in [6, 6.07) is 12.2. The highest BCUT2D eigenvalue weighted by Gasteiger charge is 2.08. The van der Waals surface area contributed by atoms with E-state index in [1.807, 2.05) is 28.8 Å². The summed E-state index contributed by atoms with van der Waals surface area (Å²) in [5.41, 5.74) is 4.64. The van der Waals surface area contributed by atoms with Crippen LogP contribution in [0, 0.1) is 6.92 Å². The largest absolute Gasteiger partial charge is 0.361 e. The lowest BCUT2D eigenvalue weighted by molar-refractivity contribution is 0.758. The molecule has 4 aromatic rings. The molecule has 0 spiro atoms. The highest BCUT2D eigenvalue weighted by atomic mass is 127. The van der Waals surface area contributed by atoms with Crippen molar-refractivity contribution in [3.8, 4) is 0 Å². The van der Waals surface area contributed by atoms with Gasteiger partial charge in [0.2, 0.25) is 0 Å². The van der Waals surface area contributed by atoms with Gasteiger partial charge in [-0.15, -0.1) is 34.2 Å². The Kier molecular flexibility index (Phi) is 6.50. The number of aromatic nitrogens is 4. The van der Waals surface area contributed by atoms with Gasteiger partial charge in [0.15, 0.2) is 17.4 Å². The zero-order chi connectivity index (χ0) is 18.6. The molecule has 1 aromatic carbocycles. The third kappa shape index (κ3) is 4.11. The molecule has 3 N–H and O–H groups in total. The summed E-state index contributed by atoms with van der Waals surface area (Å²) < 4.78 is 1.97. The summed E-state index contributed by atoms with van der Waals surface area (Å²) >= 11 is 0. The van der Waals surface area contributed by atoms with Crippen molar-refractivity contribution >= 4 is 46.5 Å². The van der Waals surface area contributed by atoms with Crippen LogP contribution in [0.2, 0.25) is 0 Å². The Morgan fingerprint density at radius 1 is 1.14 bits per heavy atom. The van der Waals surface area contributed by atoms with Crippen LogP contribution in [0.5, 0.6) is 0 Å². The number of nitrogens with zero attached hydrogens (tertiary/aromatic N) is 4. The van der Waals surface area contributed by atoms with E-state index in [1.54, 1.807) is 7.05 Å². The second kappa shape index (κ2) is 9.05. The summed E-state index contributed by atoms with van der Waals surface area (Å²) in [5, 5.41) is 16.4. The van der Waals surface area contributed by atoms with Crippen LogP contribution in [0.25, 0.3) is 16.6 Å². The Hall–Kier alpha value is -2.62. The topological polar surface area (TPSA) is 82.4 Å². The summed E-state index contributed by atoms with van der Waals surface area (Å²) in [6.07, 6.45) is 4.97. The molecule has 3 heterocycles. The first-order valence-corrected chi connectivity index (χ1v) is 9.05. The molecule has 0 atom stereocenters. The maximum Gasteiger partial charge on any atom is 0.191 e. The van der Waals surface area contributed by atoms with Gasteiger partial charge in [-0.1, -0.05) is 18.2 Å². The fourth-order valence-corrected chi connectivity index (χ4v) is 3.36. The predicted molar refractivity (Wildman–Crippen MR) is 123 cm³/mol. The van der Waals surface area contributed by atoms with Gasteiger partial charge in [0.1, 0.15) is 0 Å². The minimum atomic E-state index is 0. The lowest BCUT2D eigenvalue weighted by Crippen LogP contribution is -2.38. The van der Waals surface area contributed by atoms with Gasteiger partial charge >= 0.3 is 0 Å². The van der Waals surface area contributed by atoms with E-state index in [0.717, 1.165) is 30.4 Å². The first-order valence-electron chi connectivity index (χ1n) is 9.05. The van der Waals surface area contributed by atoms with Gasteiger partial charge in [0.25, 0.3) is 0 Å². The summed E-state index contributed by atoms with van der Waals surface area (Å²) in [5.74, 6) is 1.60. The first kappa shape index (κ1) is 20.1. The van der Waals surface area contributed by atoms with Crippen molar-refractivity contribution in [2.75, 3.05) is 13.6 Å². The minimum absolute atomic E-state index is 0. The lowest BCUT2D eigenvalue weighted by Gasteiger charge is -2.11. The number of pyridine rings is 1. The second-order valence-electron chi connectivity index (χ2n) is 6.46. The number of aromatic amines is 1. The van der Waals surface area contributed by atoms with Gasteiger partial charge in [-0.25, -0.2) is 0 Å². The molecule has 0 radical (unpaired) electrons. The molecule has 0 saturated heterocycles. The lowest BCUT2D eigenvalue weighted by atomic mass is 10.1. The molecule has 146 valence electrons. The molecular formula is C20H24IN7. The number of nitrogens with one attached hydrogen (secondary N) is 3. The molecule has 0 aliphatic carbocycles. The van der Waals surface area contributed by atoms with Crippen LogP contribution in [-0.2, 0) is 13.0 Å². The van der Waals surface area contributed by atoms with Crippen LogP contribution < -0.4 is 10.6 Å². The number of guanidine groups is 1. The number of benzene rings is 1. The van der Waals surface area contributed by atoms with Crippen LogP contribution in [0.3, 0.4) is 0 Å². The van der Waals surface area contributed by atoms with Crippen molar-refractivity contribution in [1.82, 2.24) is 30.2 Å². The summed E-state index contributed by atoms with van der Waals surface area (Å²) in [4.78, 5) is 7.65. The number of aryl methyl sites for hydroxylation is 1. The number of hydrogen-bond acceptors (Lipinski definition) is 3. The van der Waals surface area contributed by atoms with Crippen LogP contribution in [-0.4, -0.2) is 39.1 Å². The molecule has 28 heavy (non-hydrogen) atoms. The van der Waals surface area contributed by atoms with Crippen molar-refractivity contribution in [3.05, 3.63) is 65.7 Å². The Morgan fingerprint density at radius 3 is 2.89 bits per heavy atom. The maximum absolute atomic E-state index is 4.30. The van der Waals surface area contributed by atoms with E-state index < -0.39 is 0 Å². The van der Waals surface area contributed by atoms with E-state index in [4.69, 9.17) is 0 Å². The van der Waals surface area contributed by atoms with Gasteiger partial charge in [-0.05, 0) is 42.7 Å². The van der Waals surface area contributed by atoms with Crippen molar-refractivity contribution < 1.29 is 0 Å². The number of hydrogen-bond donors (Lipinski definition) is 3. The number of aliphatic imine (C=N–C) groups is 1. The molecule has 0 aliphatic heterocycles. The number of fused-ring (bicyclic) bond motifs is 2. The molecule has 0 unspecified atom stereocenters. The second-order valence-corrected chi connectivity index (χ2v) is 6.46. The third-order valence-corrected chi connectivity index (χ3v) is 4.70. The third-order valence-electron chi connectivity index (χ3n) is 4.70. The van der Waals surface area contributed by atoms with Gasteiger partial charge in [-0.2, -0.15) is 0 Å². The standard InChI is InChI=1S/C20H23N7.HI/c1-14-6-5-7-16-19(14)15(12-23-16)9-10-22-20(21-2)24-13-18-26-25-17-8-3-4-11-27(17)18;/h3-8,11-12,23H,9-10,13H2,1-2H3,(H2,21,22,24);1H. The molecule has 0 bridgehead atoms. The van der Waals surface area contributed by atoms with Crippen molar-refractivity contribution in [2.45, 2.75) is 19.9 Å². The number of halogens is 1. The Labute approximate surface area is 180 Å². The highest BCUT2D eigenvalue weighted by molar-refractivity contribution is 14.0. The smallest absolute Gasteiger partial charge is 0.191 e. The van der Waals surface area contributed by atoms with E-state index in [-0.39, 0.29) is 24.0 Å². The maximum atomic E-state index is 4.30. The Balaban J connectivity index is 0.00000225. The van der Waals surface area contributed by atoms with Gasteiger partial charge in [0.05, 0.1) is 6.54 Å².